The van der Waals surface area contributed by atoms with Gasteiger partial charge in [0.1, 0.15) is 0 Å². The number of hydrogen-bond acceptors (Lipinski definition) is 4. The normalized spacial score (nSPS) is 14.3. The van der Waals surface area contributed by atoms with E-state index >= 15 is 0 Å². The van der Waals surface area contributed by atoms with Gasteiger partial charge in [0.15, 0.2) is 0 Å². The third-order valence-corrected chi connectivity index (χ3v) is 4.09. The molecule has 0 atom stereocenters. The van der Waals surface area contributed by atoms with Crippen LogP contribution in [0.1, 0.15) is 33.6 Å². The minimum absolute atomic E-state index is 0.0189. The first kappa shape index (κ1) is 18.9. The highest BCUT2D eigenvalue weighted by Crippen LogP contribution is 2.16. The predicted octanol–water partition coefficient (Wildman–Crippen LogP) is 1.57. The highest BCUT2D eigenvalue weighted by molar-refractivity contribution is 5.95. The van der Waals surface area contributed by atoms with E-state index in [4.69, 9.17) is 0 Å². The molecule has 1 aliphatic heterocycles. The molecule has 2 rings (SSSR count). The number of anilines is 2. The lowest BCUT2D eigenvalue weighted by Crippen LogP contribution is -2.55. The van der Waals surface area contributed by atoms with E-state index in [-0.39, 0.29) is 24.3 Å². The molecule has 25 heavy (non-hydrogen) atoms. The fraction of sp³-hybridized carbons (Fsp3) is 0.500. The van der Waals surface area contributed by atoms with Crippen LogP contribution >= 0.6 is 0 Å². The van der Waals surface area contributed by atoms with Crippen LogP contribution in [0.25, 0.3) is 0 Å². The van der Waals surface area contributed by atoms with Crippen LogP contribution in [0.3, 0.4) is 0 Å². The fourth-order valence-corrected chi connectivity index (χ4v) is 2.78. The van der Waals surface area contributed by atoms with Crippen LogP contribution in [0.4, 0.5) is 11.4 Å². The largest absolute Gasteiger partial charge is 0.341 e. The molecule has 7 nitrogen and oxygen atoms in total. The zero-order valence-corrected chi connectivity index (χ0v) is 15.0. The van der Waals surface area contributed by atoms with Gasteiger partial charge in [-0.05, 0) is 44.9 Å². The van der Waals surface area contributed by atoms with Crippen molar-refractivity contribution in [2.24, 2.45) is 0 Å². The minimum atomic E-state index is -0.792. The second-order valence-electron chi connectivity index (χ2n) is 6.79. The fourth-order valence-electron chi connectivity index (χ4n) is 2.78. The lowest BCUT2D eigenvalue weighted by molar-refractivity contribution is -0.136. The van der Waals surface area contributed by atoms with Gasteiger partial charge in [0.25, 0.3) is 0 Å². The molecule has 1 fully saturated rings. The Labute approximate surface area is 148 Å². The highest BCUT2D eigenvalue weighted by Gasteiger charge is 2.33. The van der Waals surface area contributed by atoms with Crippen molar-refractivity contribution in [3.8, 4) is 0 Å². The monoisotopic (exact) mass is 346 g/mol. The van der Waals surface area contributed by atoms with Gasteiger partial charge < -0.3 is 15.5 Å². The van der Waals surface area contributed by atoms with Crippen molar-refractivity contribution >= 4 is 29.1 Å². The van der Waals surface area contributed by atoms with Crippen molar-refractivity contribution in [3.05, 3.63) is 24.3 Å². The number of rotatable bonds is 6. The summed E-state index contributed by atoms with van der Waals surface area (Å²) >= 11 is 0. The van der Waals surface area contributed by atoms with E-state index < -0.39 is 5.54 Å². The Balaban J connectivity index is 1.87. The number of hydrogen-bond donors (Lipinski definition) is 3. The van der Waals surface area contributed by atoms with Crippen molar-refractivity contribution in [3.63, 3.8) is 0 Å². The van der Waals surface area contributed by atoms with Crippen LogP contribution in [0.5, 0.6) is 0 Å². The van der Waals surface area contributed by atoms with E-state index in [0.717, 1.165) is 25.9 Å². The van der Waals surface area contributed by atoms with Gasteiger partial charge in [-0.15, -0.1) is 0 Å². The Morgan fingerprint density at radius 3 is 2.28 bits per heavy atom. The zero-order valence-electron chi connectivity index (χ0n) is 15.0. The van der Waals surface area contributed by atoms with Gasteiger partial charge in [0.05, 0.1) is 12.1 Å². The summed E-state index contributed by atoms with van der Waals surface area (Å²) in [7, 11) is 0. The van der Waals surface area contributed by atoms with E-state index in [9.17, 15) is 14.4 Å². The average Bonchev–Trinajstić information content (AvgIpc) is 3.06. The molecule has 0 spiro atoms. The lowest BCUT2D eigenvalue weighted by Gasteiger charge is -2.30. The zero-order chi connectivity index (χ0) is 18.4. The molecule has 1 aliphatic rings. The maximum atomic E-state index is 12.5. The molecule has 1 aromatic rings. The Morgan fingerprint density at radius 1 is 1.08 bits per heavy atom. The standard InChI is InChI=1S/C18H26N4O3/c1-13(23)20-14-7-6-8-15(11-14)21-16(24)12-19-18(2,3)17(25)22-9-4-5-10-22/h6-8,11,19H,4-5,9-10,12H2,1-3H3,(H,20,23)(H,21,24). The first-order valence-corrected chi connectivity index (χ1v) is 8.50. The maximum absolute atomic E-state index is 12.5. The van der Waals surface area contributed by atoms with E-state index in [2.05, 4.69) is 16.0 Å². The van der Waals surface area contributed by atoms with E-state index in [0.29, 0.717) is 11.4 Å². The smallest absolute Gasteiger partial charge is 0.242 e. The molecule has 0 saturated carbocycles. The van der Waals surface area contributed by atoms with Crippen LogP contribution in [0.2, 0.25) is 0 Å². The predicted molar refractivity (Wildman–Crippen MR) is 97.3 cm³/mol. The minimum Gasteiger partial charge on any atom is -0.341 e. The van der Waals surface area contributed by atoms with Gasteiger partial charge in [0.2, 0.25) is 17.7 Å². The van der Waals surface area contributed by atoms with Gasteiger partial charge in [-0.1, -0.05) is 6.07 Å². The van der Waals surface area contributed by atoms with Crippen LogP contribution in [0.15, 0.2) is 24.3 Å². The summed E-state index contributed by atoms with van der Waals surface area (Å²) in [5.74, 6) is -0.403. The van der Waals surface area contributed by atoms with Crippen molar-refractivity contribution in [2.45, 2.75) is 39.2 Å². The van der Waals surface area contributed by atoms with Crippen LogP contribution in [0, 0.1) is 0 Å². The van der Waals surface area contributed by atoms with E-state index in [1.165, 1.54) is 6.92 Å². The third-order valence-electron chi connectivity index (χ3n) is 4.09. The summed E-state index contributed by atoms with van der Waals surface area (Å²) in [6.07, 6.45) is 2.07. The molecule has 0 unspecified atom stereocenters. The Kier molecular flexibility index (Phi) is 6.14. The molecular weight excluding hydrogens is 320 g/mol. The molecule has 0 radical (unpaired) electrons. The van der Waals surface area contributed by atoms with Crippen LogP contribution in [-0.4, -0.2) is 47.8 Å². The van der Waals surface area contributed by atoms with E-state index in [1.807, 2.05) is 4.90 Å². The summed E-state index contributed by atoms with van der Waals surface area (Å²) in [4.78, 5) is 37.6. The number of carbonyl (C=O) groups excluding carboxylic acids is 3. The lowest BCUT2D eigenvalue weighted by atomic mass is 10.0. The van der Waals surface area contributed by atoms with Gasteiger partial charge in [-0.2, -0.15) is 0 Å². The summed E-state index contributed by atoms with van der Waals surface area (Å²) in [5.41, 5.74) is 0.407. The van der Waals surface area contributed by atoms with Gasteiger partial charge >= 0.3 is 0 Å². The highest BCUT2D eigenvalue weighted by atomic mass is 16.2. The first-order valence-electron chi connectivity index (χ1n) is 8.50. The SMILES string of the molecule is CC(=O)Nc1cccc(NC(=O)CNC(C)(C)C(=O)N2CCCC2)c1. The quantitative estimate of drug-likeness (QED) is 0.729. The summed E-state index contributed by atoms with van der Waals surface area (Å²) in [6, 6.07) is 6.91. The third kappa shape index (κ3) is 5.56. The molecule has 1 aromatic carbocycles. The molecule has 0 bridgehead atoms. The van der Waals surface area contributed by atoms with Crippen LogP contribution < -0.4 is 16.0 Å². The number of nitrogens with zero attached hydrogens (tertiary/aromatic N) is 1. The number of benzene rings is 1. The molecule has 3 amide bonds. The van der Waals surface area contributed by atoms with Gasteiger partial charge in [-0.25, -0.2) is 0 Å². The van der Waals surface area contributed by atoms with E-state index in [1.54, 1.807) is 38.1 Å². The average molecular weight is 346 g/mol. The molecule has 1 saturated heterocycles. The second kappa shape index (κ2) is 8.11. The number of likely N-dealkylation sites (tertiary alicyclic amines) is 1. The van der Waals surface area contributed by atoms with Crippen LogP contribution in [-0.2, 0) is 14.4 Å². The molecule has 7 heteroatoms. The van der Waals surface area contributed by atoms with Crippen molar-refractivity contribution < 1.29 is 14.4 Å². The molecule has 3 N–H and O–H groups in total. The van der Waals surface area contributed by atoms with Gasteiger partial charge in [0, 0.05) is 31.4 Å². The van der Waals surface area contributed by atoms with Gasteiger partial charge in [-0.3, -0.25) is 19.7 Å². The second-order valence-corrected chi connectivity index (χ2v) is 6.79. The van der Waals surface area contributed by atoms with Crippen molar-refractivity contribution in [2.75, 3.05) is 30.3 Å². The number of amides is 3. The Morgan fingerprint density at radius 2 is 1.68 bits per heavy atom. The van der Waals surface area contributed by atoms with Crippen molar-refractivity contribution in [1.29, 1.82) is 0 Å². The Bertz CT molecular complexity index is 651. The first-order chi connectivity index (χ1) is 11.8. The summed E-state index contributed by atoms with van der Waals surface area (Å²) < 4.78 is 0. The molecule has 0 aromatic heterocycles. The summed E-state index contributed by atoms with van der Waals surface area (Å²) in [5, 5.41) is 8.45. The Hall–Kier alpha value is -2.41. The molecule has 136 valence electrons. The number of nitrogens with one attached hydrogen (secondary N) is 3. The summed E-state index contributed by atoms with van der Waals surface area (Å²) in [6.45, 7) is 6.60. The number of carbonyl (C=O) groups is 3. The maximum Gasteiger partial charge on any atom is 0.242 e. The molecular formula is C18H26N4O3. The molecule has 1 heterocycles. The van der Waals surface area contributed by atoms with Crippen molar-refractivity contribution in [1.82, 2.24) is 10.2 Å². The topological polar surface area (TPSA) is 90.5 Å². The molecule has 0 aliphatic carbocycles.